The normalized spacial score (nSPS) is 14.7. The van der Waals surface area contributed by atoms with Crippen LogP contribution in [0.2, 0.25) is 10.0 Å². The molecule has 1 aromatic heterocycles. The Kier molecular flexibility index (Phi) is 6.17. The molecule has 0 saturated heterocycles. The lowest BCUT2D eigenvalue weighted by molar-refractivity contribution is -0.384. The minimum absolute atomic E-state index is 0.0379. The summed E-state index contributed by atoms with van der Waals surface area (Å²) < 4.78 is 1.58. The van der Waals surface area contributed by atoms with Crippen LogP contribution >= 0.6 is 23.2 Å². The fourth-order valence-electron chi connectivity index (χ4n) is 4.03. The molecule has 180 valence electrons. The van der Waals surface area contributed by atoms with Crippen molar-refractivity contribution in [2.24, 2.45) is 0 Å². The van der Waals surface area contributed by atoms with Gasteiger partial charge in [0.1, 0.15) is 6.04 Å². The molecule has 1 amide bonds. The number of carbonyl (C=O) groups is 1. The summed E-state index contributed by atoms with van der Waals surface area (Å²) in [6.07, 6.45) is 0. The van der Waals surface area contributed by atoms with Gasteiger partial charge in [-0.2, -0.15) is 4.98 Å². The average molecular weight is 521 g/mol. The van der Waals surface area contributed by atoms with Crippen molar-refractivity contribution < 1.29 is 9.72 Å². The zero-order valence-electron chi connectivity index (χ0n) is 18.8. The van der Waals surface area contributed by atoms with Crippen LogP contribution in [-0.2, 0) is 4.79 Å². The van der Waals surface area contributed by atoms with Crippen molar-refractivity contribution in [2.75, 3.05) is 10.6 Å². The topological polar surface area (TPSA) is 115 Å². The Morgan fingerprint density at radius 1 is 1.08 bits per heavy atom. The third-order valence-corrected chi connectivity index (χ3v) is 6.28. The Morgan fingerprint density at radius 2 is 1.81 bits per heavy atom. The van der Waals surface area contributed by atoms with Crippen LogP contribution in [0.3, 0.4) is 0 Å². The van der Waals surface area contributed by atoms with Crippen LogP contribution in [0.25, 0.3) is 11.4 Å². The fourth-order valence-corrected chi connectivity index (χ4v) is 4.54. The van der Waals surface area contributed by atoms with Crippen LogP contribution in [0.5, 0.6) is 0 Å². The Morgan fingerprint density at radius 3 is 2.47 bits per heavy atom. The number of anilines is 2. The van der Waals surface area contributed by atoms with Gasteiger partial charge in [-0.3, -0.25) is 14.9 Å². The van der Waals surface area contributed by atoms with Crippen molar-refractivity contribution in [2.45, 2.75) is 13.0 Å². The molecular formula is C25H18Cl2N6O3. The Labute approximate surface area is 215 Å². The second kappa shape index (κ2) is 9.44. The van der Waals surface area contributed by atoms with Gasteiger partial charge >= 0.3 is 0 Å². The number of carbonyl (C=O) groups excluding carboxylic acids is 1. The third-order valence-electron chi connectivity index (χ3n) is 5.72. The molecule has 3 aromatic carbocycles. The molecule has 0 bridgehead atoms. The van der Waals surface area contributed by atoms with E-state index in [1.54, 1.807) is 54.1 Å². The molecule has 0 fully saturated rings. The number of nitro benzene ring substituents is 1. The molecule has 11 heteroatoms. The molecule has 1 atom stereocenters. The number of nitrogens with zero attached hydrogens (tertiary/aromatic N) is 4. The van der Waals surface area contributed by atoms with E-state index >= 15 is 0 Å². The lowest BCUT2D eigenvalue weighted by Crippen LogP contribution is -2.31. The molecule has 4 aromatic rings. The van der Waals surface area contributed by atoms with Crippen LogP contribution in [0.15, 0.2) is 84.1 Å². The number of aromatic nitrogens is 3. The molecule has 36 heavy (non-hydrogen) atoms. The number of allylic oxidation sites excluding steroid dienone is 1. The average Bonchev–Trinajstić information content (AvgIpc) is 3.28. The molecule has 2 N–H and O–H groups in total. The van der Waals surface area contributed by atoms with Crippen molar-refractivity contribution in [3.63, 3.8) is 0 Å². The van der Waals surface area contributed by atoms with Crippen molar-refractivity contribution in [3.8, 4) is 11.4 Å². The molecule has 0 spiro atoms. The van der Waals surface area contributed by atoms with Gasteiger partial charge < -0.3 is 10.6 Å². The lowest BCUT2D eigenvalue weighted by atomic mass is 9.95. The minimum Gasteiger partial charge on any atom is -0.328 e. The molecule has 1 aliphatic rings. The lowest BCUT2D eigenvalue weighted by Gasteiger charge is -2.29. The Hall–Kier alpha value is -4.21. The van der Waals surface area contributed by atoms with Gasteiger partial charge in [0, 0.05) is 44.7 Å². The van der Waals surface area contributed by atoms with Crippen LogP contribution < -0.4 is 10.6 Å². The summed E-state index contributed by atoms with van der Waals surface area (Å²) in [4.78, 5) is 28.7. The maximum absolute atomic E-state index is 13.5. The molecule has 9 nitrogen and oxygen atoms in total. The van der Waals surface area contributed by atoms with E-state index in [1.165, 1.54) is 12.1 Å². The molecule has 0 aliphatic carbocycles. The largest absolute Gasteiger partial charge is 0.328 e. The predicted molar refractivity (Wildman–Crippen MR) is 138 cm³/mol. The monoisotopic (exact) mass is 520 g/mol. The maximum Gasteiger partial charge on any atom is 0.269 e. The fraction of sp³-hybridized carbons (Fsp3) is 0.0800. The number of amides is 1. The first kappa shape index (κ1) is 23.5. The number of non-ortho nitro benzene ring substituents is 1. The van der Waals surface area contributed by atoms with Gasteiger partial charge in [0.2, 0.25) is 5.95 Å². The van der Waals surface area contributed by atoms with Crippen LogP contribution in [0.4, 0.5) is 17.3 Å². The number of hydrogen-bond donors (Lipinski definition) is 2. The zero-order valence-corrected chi connectivity index (χ0v) is 20.3. The Balaban J connectivity index is 1.61. The number of benzene rings is 3. The number of hydrogen-bond acceptors (Lipinski definition) is 6. The van der Waals surface area contributed by atoms with Crippen molar-refractivity contribution in [3.05, 3.63) is 110 Å². The van der Waals surface area contributed by atoms with E-state index < -0.39 is 11.0 Å². The van der Waals surface area contributed by atoms with E-state index in [4.69, 9.17) is 23.2 Å². The highest BCUT2D eigenvalue weighted by atomic mass is 35.5. The molecule has 1 aliphatic heterocycles. The van der Waals surface area contributed by atoms with Crippen LogP contribution in [0.1, 0.15) is 18.5 Å². The van der Waals surface area contributed by atoms with Crippen molar-refractivity contribution in [1.29, 1.82) is 0 Å². The van der Waals surface area contributed by atoms with Gasteiger partial charge in [0.15, 0.2) is 5.82 Å². The summed E-state index contributed by atoms with van der Waals surface area (Å²) in [5, 5.41) is 22.6. The SMILES string of the molecule is CC1=C(C(=O)Nc2ccccc2)C(c2ccc(Cl)cc2Cl)n2nc(-c3ccc([N+](=O)[O-])cc3)nc2N1. The molecule has 1 unspecified atom stereocenters. The maximum atomic E-state index is 13.5. The number of nitro groups is 1. The summed E-state index contributed by atoms with van der Waals surface area (Å²) in [6.45, 7) is 1.78. The van der Waals surface area contributed by atoms with E-state index in [9.17, 15) is 14.9 Å². The summed E-state index contributed by atoms with van der Waals surface area (Å²) in [6, 6.07) is 19.4. The summed E-state index contributed by atoms with van der Waals surface area (Å²) >= 11 is 12.7. The first-order chi connectivity index (χ1) is 17.3. The van der Waals surface area contributed by atoms with Gasteiger partial charge in [0.25, 0.3) is 11.6 Å². The smallest absolute Gasteiger partial charge is 0.269 e. The third kappa shape index (κ3) is 4.41. The van der Waals surface area contributed by atoms with Gasteiger partial charge in [-0.1, -0.05) is 47.5 Å². The highest BCUT2D eigenvalue weighted by Gasteiger charge is 2.35. The zero-order chi connectivity index (χ0) is 25.4. The van der Waals surface area contributed by atoms with E-state index in [0.29, 0.717) is 49.9 Å². The van der Waals surface area contributed by atoms with Gasteiger partial charge in [-0.05, 0) is 43.3 Å². The number of para-hydroxylation sites is 1. The summed E-state index contributed by atoms with van der Waals surface area (Å²) in [7, 11) is 0. The highest BCUT2D eigenvalue weighted by molar-refractivity contribution is 6.35. The number of fused-ring (bicyclic) bond motifs is 1. The molecule has 0 saturated carbocycles. The second-order valence-electron chi connectivity index (χ2n) is 8.06. The molecule has 0 radical (unpaired) electrons. The first-order valence-corrected chi connectivity index (χ1v) is 11.6. The number of rotatable bonds is 5. The Bertz CT molecular complexity index is 1520. The van der Waals surface area contributed by atoms with Gasteiger partial charge in [-0.15, -0.1) is 5.10 Å². The van der Waals surface area contributed by atoms with E-state index in [-0.39, 0.29) is 11.6 Å². The highest BCUT2D eigenvalue weighted by Crippen LogP contribution is 2.40. The van der Waals surface area contributed by atoms with Gasteiger partial charge in [0.05, 0.1) is 10.5 Å². The standard InChI is InChI=1S/C25H18Cl2N6O3/c1-14-21(24(34)29-17-5-3-2-4-6-17)22(19-12-9-16(26)13-20(19)27)32-25(28-14)30-23(31-32)15-7-10-18(11-8-15)33(35)36/h2-13,22H,1H3,(H,29,34)(H,28,30,31). The summed E-state index contributed by atoms with van der Waals surface area (Å²) in [5.74, 6) is 0.397. The number of halogens is 2. The van der Waals surface area contributed by atoms with E-state index in [0.717, 1.165) is 0 Å². The molecular weight excluding hydrogens is 503 g/mol. The minimum atomic E-state index is -0.714. The van der Waals surface area contributed by atoms with Gasteiger partial charge in [-0.25, -0.2) is 4.68 Å². The second-order valence-corrected chi connectivity index (χ2v) is 8.90. The van der Waals surface area contributed by atoms with Crippen molar-refractivity contribution in [1.82, 2.24) is 14.8 Å². The van der Waals surface area contributed by atoms with Crippen molar-refractivity contribution >= 4 is 46.4 Å². The predicted octanol–water partition coefficient (Wildman–Crippen LogP) is 6.09. The van der Waals surface area contributed by atoms with Crippen LogP contribution in [-0.4, -0.2) is 25.6 Å². The summed E-state index contributed by atoms with van der Waals surface area (Å²) in [5.41, 5.74) is 2.77. The molecule has 2 heterocycles. The molecule has 5 rings (SSSR count). The quantitative estimate of drug-likeness (QED) is 0.243. The van der Waals surface area contributed by atoms with E-state index in [1.807, 2.05) is 18.2 Å². The first-order valence-electron chi connectivity index (χ1n) is 10.8. The number of nitrogens with one attached hydrogen (secondary N) is 2. The van der Waals surface area contributed by atoms with Crippen LogP contribution in [0, 0.1) is 10.1 Å². The van der Waals surface area contributed by atoms with E-state index in [2.05, 4.69) is 20.7 Å².